The first-order chi connectivity index (χ1) is 14.1. The predicted molar refractivity (Wildman–Crippen MR) is 111 cm³/mol. The van der Waals surface area contributed by atoms with Gasteiger partial charge in [0.1, 0.15) is 5.82 Å². The number of carbonyl (C=O) groups is 2. The topological polar surface area (TPSA) is 81.7 Å². The number of hydrogen-bond donors (Lipinski definition) is 1. The molecule has 9 heteroatoms. The molecule has 2 aliphatic rings. The van der Waals surface area contributed by atoms with E-state index in [-0.39, 0.29) is 24.3 Å². The summed E-state index contributed by atoms with van der Waals surface area (Å²) in [6, 6.07) is 5.54. The summed E-state index contributed by atoms with van der Waals surface area (Å²) in [7, 11) is 1.61. The van der Waals surface area contributed by atoms with Gasteiger partial charge in [-0.3, -0.25) is 14.6 Å². The van der Waals surface area contributed by atoms with Crippen molar-refractivity contribution in [2.75, 3.05) is 56.1 Å². The van der Waals surface area contributed by atoms with Crippen molar-refractivity contribution in [3.05, 3.63) is 47.4 Å². The number of anilines is 2. The highest BCUT2D eigenvalue weighted by Crippen LogP contribution is 2.39. The van der Waals surface area contributed by atoms with Gasteiger partial charge in [0.25, 0.3) is 0 Å². The summed E-state index contributed by atoms with van der Waals surface area (Å²) in [5.41, 5.74) is 1.79. The second kappa shape index (κ2) is 8.24. The highest BCUT2D eigenvalue weighted by atomic mass is 35.5. The lowest BCUT2D eigenvalue weighted by atomic mass is 9.99. The molecule has 0 radical (unpaired) electrons. The molecule has 1 N–H and O–H groups in total. The SMILES string of the molecule is CNC(=O)CN1CC(C(=O)N2CCN(c3cnccn3)CC2)c2ccc(Cl)cc21. The molecule has 0 aliphatic carbocycles. The number of fused-ring (bicyclic) bond motifs is 1. The quantitative estimate of drug-likeness (QED) is 0.807. The Balaban J connectivity index is 1.47. The highest BCUT2D eigenvalue weighted by Gasteiger charge is 2.37. The first-order valence-corrected chi connectivity index (χ1v) is 9.99. The Labute approximate surface area is 174 Å². The van der Waals surface area contributed by atoms with Crippen LogP contribution in [0.5, 0.6) is 0 Å². The van der Waals surface area contributed by atoms with Gasteiger partial charge in [0.05, 0.1) is 18.7 Å². The number of nitrogens with one attached hydrogen (secondary N) is 1. The maximum Gasteiger partial charge on any atom is 0.239 e. The summed E-state index contributed by atoms with van der Waals surface area (Å²) in [6.07, 6.45) is 5.07. The van der Waals surface area contributed by atoms with Crippen LogP contribution in [0.2, 0.25) is 5.02 Å². The summed E-state index contributed by atoms with van der Waals surface area (Å²) in [5.74, 6) is 0.528. The monoisotopic (exact) mass is 414 g/mol. The molecule has 0 bridgehead atoms. The molecular weight excluding hydrogens is 392 g/mol. The average molecular weight is 415 g/mol. The van der Waals surface area contributed by atoms with E-state index in [0.29, 0.717) is 37.7 Å². The molecular formula is C20H23ClN6O2. The standard InChI is InChI=1S/C20H23ClN6O2/c1-22-19(28)13-27-12-16(15-3-2-14(21)10-17(15)27)20(29)26-8-6-25(7-9-26)18-11-23-4-5-24-18/h2-5,10-11,16H,6-9,12-13H2,1H3,(H,22,28). The Morgan fingerprint density at radius 3 is 2.69 bits per heavy atom. The zero-order chi connectivity index (χ0) is 20.4. The number of nitrogens with zero attached hydrogens (tertiary/aromatic N) is 5. The second-order valence-electron chi connectivity index (χ2n) is 7.19. The molecule has 1 saturated heterocycles. The Hall–Kier alpha value is -2.87. The minimum absolute atomic E-state index is 0.0896. The van der Waals surface area contributed by atoms with E-state index in [4.69, 9.17) is 11.6 Å². The van der Waals surface area contributed by atoms with E-state index in [0.717, 1.165) is 17.1 Å². The molecule has 1 atom stereocenters. The number of rotatable bonds is 4. The summed E-state index contributed by atoms with van der Waals surface area (Å²) in [5, 5.41) is 3.23. The molecule has 8 nitrogen and oxygen atoms in total. The largest absolute Gasteiger partial charge is 0.361 e. The number of amides is 2. The van der Waals surface area contributed by atoms with Gasteiger partial charge in [-0.1, -0.05) is 17.7 Å². The molecule has 2 amide bonds. The van der Waals surface area contributed by atoms with Gasteiger partial charge < -0.3 is 20.0 Å². The van der Waals surface area contributed by atoms with Gasteiger partial charge in [0.2, 0.25) is 11.8 Å². The smallest absolute Gasteiger partial charge is 0.239 e. The minimum atomic E-state index is -0.296. The molecule has 3 heterocycles. The molecule has 2 aromatic rings. The van der Waals surface area contributed by atoms with Gasteiger partial charge in [-0.05, 0) is 17.7 Å². The van der Waals surface area contributed by atoms with Gasteiger partial charge >= 0.3 is 0 Å². The molecule has 1 aromatic carbocycles. The number of carbonyl (C=O) groups excluding carboxylic acids is 2. The second-order valence-corrected chi connectivity index (χ2v) is 7.62. The maximum absolute atomic E-state index is 13.3. The summed E-state index contributed by atoms with van der Waals surface area (Å²) in [4.78, 5) is 39.6. The Morgan fingerprint density at radius 1 is 1.21 bits per heavy atom. The fraction of sp³-hybridized carbons (Fsp3) is 0.400. The fourth-order valence-corrected chi connectivity index (χ4v) is 4.11. The van der Waals surface area contributed by atoms with Crippen LogP contribution < -0.4 is 15.1 Å². The highest BCUT2D eigenvalue weighted by molar-refractivity contribution is 6.31. The van der Waals surface area contributed by atoms with Crippen molar-refractivity contribution in [3.63, 3.8) is 0 Å². The molecule has 29 heavy (non-hydrogen) atoms. The molecule has 1 unspecified atom stereocenters. The van der Waals surface area contributed by atoms with Crippen LogP contribution in [0.15, 0.2) is 36.8 Å². The minimum Gasteiger partial charge on any atom is -0.361 e. The first kappa shape index (κ1) is 19.4. The predicted octanol–water partition coefficient (Wildman–Crippen LogP) is 1.13. The van der Waals surface area contributed by atoms with E-state index in [1.165, 1.54) is 0 Å². The normalized spacial score (nSPS) is 18.6. The van der Waals surface area contributed by atoms with Gasteiger partial charge in [0, 0.05) is 62.9 Å². The van der Waals surface area contributed by atoms with Crippen LogP contribution in [0.1, 0.15) is 11.5 Å². The lowest BCUT2D eigenvalue weighted by Crippen LogP contribution is -2.50. The van der Waals surface area contributed by atoms with Crippen LogP contribution in [0.25, 0.3) is 0 Å². The molecule has 0 spiro atoms. The molecule has 2 aliphatic heterocycles. The van der Waals surface area contributed by atoms with Crippen LogP contribution in [0, 0.1) is 0 Å². The van der Waals surface area contributed by atoms with Crippen molar-refractivity contribution in [2.45, 2.75) is 5.92 Å². The van der Waals surface area contributed by atoms with E-state index < -0.39 is 0 Å². The third-order valence-electron chi connectivity index (χ3n) is 5.49. The van der Waals surface area contributed by atoms with E-state index in [9.17, 15) is 9.59 Å². The summed E-state index contributed by atoms with van der Waals surface area (Å²) in [6.45, 7) is 3.37. The van der Waals surface area contributed by atoms with Crippen molar-refractivity contribution in [3.8, 4) is 0 Å². The fourth-order valence-electron chi connectivity index (χ4n) is 3.95. The number of benzene rings is 1. The molecule has 4 rings (SSSR count). The van der Waals surface area contributed by atoms with Crippen molar-refractivity contribution < 1.29 is 9.59 Å². The van der Waals surface area contributed by atoms with Gasteiger partial charge in [-0.2, -0.15) is 0 Å². The van der Waals surface area contributed by atoms with Crippen LogP contribution in [-0.2, 0) is 9.59 Å². The molecule has 1 fully saturated rings. The Kier molecular flexibility index (Phi) is 5.53. The lowest BCUT2D eigenvalue weighted by Gasteiger charge is -2.36. The maximum atomic E-state index is 13.3. The number of aromatic nitrogens is 2. The Bertz CT molecular complexity index is 901. The van der Waals surface area contributed by atoms with E-state index in [1.807, 2.05) is 21.9 Å². The number of piperazine rings is 1. The van der Waals surface area contributed by atoms with Crippen molar-refractivity contribution in [2.24, 2.45) is 0 Å². The van der Waals surface area contributed by atoms with Gasteiger partial charge in [-0.15, -0.1) is 0 Å². The first-order valence-electron chi connectivity index (χ1n) is 9.61. The third kappa shape index (κ3) is 3.98. The van der Waals surface area contributed by atoms with Gasteiger partial charge in [-0.25, -0.2) is 4.98 Å². The van der Waals surface area contributed by atoms with E-state index >= 15 is 0 Å². The number of likely N-dealkylation sites (N-methyl/N-ethyl adjacent to an activating group) is 1. The number of halogens is 1. The summed E-state index contributed by atoms with van der Waals surface area (Å²) < 4.78 is 0. The van der Waals surface area contributed by atoms with E-state index in [2.05, 4.69) is 20.2 Å². The zero-order valence-electron chi connectivity index (χ0n) is 16.2. The third-order valence-corrected chi connectivity index (χ3v) is 5.72. The molecule has 0 saturated carbocycles. The Morgan fingerprint density at radius 2 is 2.00 bits per heavy atom. The number of hydrogen-bond acceptors (Lipinski definition) is 6. The van der Waals surface area contributed by atoms with Crippen molar-refractivity contribution in [1.29, 1.82) is 0 Å². The molecule has 152 valence electrons. The van der Waals surface area contributed by atoms with Crippen LogP contribution >= 0.6 is 11.6 Å². The lowest BCUT2D eigenvalue weighted by molar-refractivity contribution is -0.132. The zero-order valence-corrected chi connectivity index (χ0v) is 17.0. The van der Waals surface area contributed by atoms with Crippen LogP contribution in [-0.4, -0.2) is 73.0 Å². The van der Waals surface area contributed by atoms with E-state index in [1.54, 1.807) is 31.7 Å². The van der Waals surface area contributed by atoms with Crippen molar-refractivity contribution in [1.82, 2.24) is 20.2 Å². The average Bonchev–Trinajstić information content (AvgIpc) is 3.11. The molecule has 1 aromatic heterocycles. The van der Waals surface area contributed by atoms with Crippen LogP contribution in [0.3, 0.4) is 0 Å². The van der Waals surface area contributed by atoms with Crippen molar-refractivity contribution >= 4 is 34.9 Å². The van der Waals surface area contributed by atoms with Crippen LogP contribution in [0.4, 0.5) is 11.5 Å². The summed E-state index contributed by atoms with van der Waals surface area (Å²) >= 11 is 6.17. The van der Waals surface area contributed by atoms with Gasteiger partial charge in [0.15, 0.2) is 0 Å².